The molecule has 0 saturated carbocycles. The van der Waals surface area contributed by atoms with Gasteiger partial charge < -0.3 is 9.84 Å². The molecule has 1 aliphatic heterocycles. The van der Waals surface area contributed by atoms with Crippen molar-refractivity contribution < 1.29 is 23.8 Å². The van der Waals surface area contributed by atoms with Crippen molar-refractivity contribution in [1.82, 2.24) is 0 Å². The first-order chi connectivity index (χ1) is 17.8. The van der Waals surface area contributed by atoms with Crippen LogP contribution in [-0.4, -0.2) is 22.9 Å². The number of ketones is 1. The number of aryl methyl sites for hydroxylation is 1. The summed E-state index contributed by atoms with van der Waals surface area (Å²) in [5, 5.41) is 11.3. The van der Waals surface area contributed by atoms with E-state index in [9.17, 15) is 19.1 Å². The van der Waals surface area contributed by atoms with E-state index in [-0.39, 0.29) is 33.6 Å². The highest BCUT2D eigenvalue weighted by molar-refractivity contribution is 6.51. The van der Waals surface area contributed by atoms with Gasteiger partial charge in [0.25, 0.3) is 11.7 Å². The lowest BCUT2D eigenvalue weighted by Gasteiger charge is -2.27. The first-order valence-electron chi connectivity index (χ1n) is 12.4. The number of hydrogen-bond donors (Lipinski definition) is 1. The fourth-order valence-electron chi connectivity index (χ4n) is 4.55. The lowest BCUT2D eigenvalue weighted by atomic mass is 9.85. The van der Waals surface area contributed by atoms with Gasteiger partial charge in [-0.25, -0.2) is 4.39 Å². The third-order valence-corrected chi connectivity index (χ3v) is 6.82. The standard InChI is InChI=1S/C31H31ClFNO4/c1-17(2)38-25-14-9-20(15-18(25)3)28(35)26-27(19-7-10-21(11-8-19)31(4,5)6)34(30(37)29(26)36)22-12-13-24(33)23(32)16-22/h7-17,27,35H,1-6H3/b28-26+. The number of anilines is 1. The zero-order valence-corrected chi connectivity index (χ0v) is 23.1. The molecule has 1 atom stereocenters. The third-order valence-electron chi connectivity index (χ3n) is 6.53. The number of carbonyl (C=O) groups excluding carboxylic acids is 2. The summed E-state index contributed by atoms with van der Waals surface area (Å²) in [6.07, 6.45) is -0.0305. The lowest BCUT2D eigenvalue weighted by molar-refractivity contribution is -0.132. The Kier molecular flexibility index (Phi) is 7.39. The second kappa shape index (κ2) is 10.3. The monoisotopic (exact) mass is 535 g/mol. The largest absolute Gasteiger partial charge is 0.507 e. The summed E-state index contributed by atoms with van der Waals surface area (Å²) in [4.78, 5) is 28.1. The topological polar surface area (TPSA) is 66.8 Å². The number of Topliss-reactive ketones (excluding diaryl/α,β-unsaturated/α-hetero) is 1. The summed E-state index contributed by atoms with van der Waals surface area (Å²) in [7, 11) is 0. The van der Waals surface area contributed by atoms with Crippen LogP contribution in [0.4, 0.5) is 10.1 Å². The van der Waals surface area contributed by atoms with E-state index < -0.39 is 23.5 Å². The number of nitrogens with zero attached hydrogens (tertiary/aromatic N) is 1. The van der Waals surface area contributed by atoms with Gasteiger partial charge >= 0.3 is 0 Å². The first-order valence-corrected chi connectivity index (χ1v) is 12.8. The molecule has 1 N–H and O–H groups in total. The number of hydrogen-bond acceptors (Lipinski definition) is 4. The van der Waals surface area contributed by atoms with Gasteiger partial charge in [-0.15, -0.1) is 0 Å². The molecule has 0 radical (unpaired) electrons. The lowest BCUT2D eigenvalue weighted by Crippen LogP contribution is -2.29. The first kappa shape index (κ1) is 27.4. The summed E-state index contributed by atoms with van der Waals surface area (Å²) in [5.74, 6) is -1.96. The molecular formula is C31H31ClFNO4. The molecule has 1 amide bonds. The highest BCUT2D eigenvalue weighted by Crippen LogP contribution is 2.43. The second-order valence-electron chi connectivity index (χ2n) is 10.8. The number of aliphatic hydroxyl groups is 1. The Labute approximate surface area is 227 Å². The minimum Gasteiger partial charge on any atom is -0.507 e. The normalized spacial score (nSPS) is 17.4. The molecular weight excluding hydrogens is 505 g/mol. The summed E-state index contributed by atoms with van der Waals surface area (Å²) in [6, 6.07) is 15.6. The molecule has 1 fully saturated rings. The Morgan fingerprint density at radius 1 is 1.03 bits per heavy atom. The molecule has 0 bridgehead atoms. The number of carbonyl (C=O) groups is 2. The van der Waals surface area contributed by atoms with Crippen LogP contribution >= 0.6 is 11.6 Å². The maximum Gasteiger partial charge on any atom is 0.300 e. The van der Waals surface area contributed by atoms with Gasteiger partial charge in [-0.3, -0.25) is 14.5 Å². The summed E-state index contributed by atoms with van der Waals surface area (Å²) in [5.41, 5.74) is 2.92. The van der Waals surface area contributed by atoms with Crippen LogP contribution in [0.3, 0.4) is 0 Å². The van der Waals surface area contributed by atoms with Crippen LogP contribution in [0.2, 0.25) is 5.02 Å². The van der Waals surface area contributed by atoms with Crippen molar-refractivity contribution in [2.45, 2.75) is 59.1 Å². The van der Waals surface area contributed by atoms with Gasteiger partial charge in [0.05, 0.1) is 22.7 Å². The van der Waals surface area contributed by atoms with E-state index in [1.54, 1.807) is 18.2 Å². The molecule has 5 nitrogen and oxygen atoms in total. The molecule has 38 heavy (non-hydrogen) atoms. The fraction of sp³-hybridized carbons (Fsp3) is 0.290. The van der Waals surface area contributed by atoms with Crippen LogP contribution in [0.15, 0.2) is 66.2 Å². The fourth-order valence-corrected chi connectivity index (χ4v) is 4.73. The number of amides is 1. The molecule has 1 heterocycles. The number of benzene rings is 3. The van der Waals surface area contributed by atoms with Crippen molar-refractivity contribution in [2.24, 2.45) is 0 Å². The SMILES string of the molecule is Cc1cc(/C(O)=C2\C(=O)C(=O)N(c3ccc(F)c(Cl)c3)C2c2ccc(C(C)(C)C)cc2)ccc1OC(C)C. The minimum absolute atomic E-state index is 0.0305. The van der Waals surface area contributed by atoms with E-state index in [2.05, 4.69) is 20.8 Å². The maximum absolute atomic E-state index is 13.9. The van der Waals surface area contributed by atoms with E-state index in [1.807, 2.05) is 45.0 Å². The van der Waals surface area contributed by atoms with Gasteiger partial charge in [0.15, 0.2) is 0 Å². The molecule has 1 unspecified atom stereocenters. The molecule has 3 aromatic rings. The summed E-state index contributed by atoms with van der Waals surface area (Å²) >= 11 is 6.03. The highest BCUT2D eigenvalue weighted by atomic mass is 35.5. The Hall–Kier alpha value is -3.64. The predicted molar refractivity (Wildman–Crippen MR) is 148 cm³/mol. The van der Waals surface area contributed by atoms with Crippen molar-refractivity contribution in [3.05, 3.63) is 99.3 Å². The van der Waals surface area contributed by atoms with Crippen LogP contribution < -0.4 is 9.64 Å². The van der Waals surface area contributed by atoms with Crippen molar-refractivity contribution in [3.63, 3.8) is 0 Å². The van der Waals surface area contributed by atoms with Crippen molar-refractivity contribution in [3.8, 4) is 5.75 Å². The van der Waals surface area contributed by atoms with Crippen molar-refractivity contribution in [1.29, 1.82) is 0 Å². The second-order valence-corrected chi connectivity index (χ2v) is 11.2. The van der Waals surface area contributed by atoms with Gasteiger partial charge in [0.2, 0.25) is 0 Å². The quantitative estimate of drug-likeness (QED) is 0.209. The molecule has 3 aromatic carbocycles. The Morgan fingerprint density at radius 2 is 1.68 bits per heavy atom. The zero-order valence-electron chi connectivity index (χ0n) is 22.3. The molecule has 1 saturated heterocycles. The number of aliphatic hydroxyl groups excluding tert-OH is 1. The molecule has 0 spiro atoms. The average Bonchev–Trinajstić information content (AvgIpc) is 3.11. The molecule has 7 heteroatoms. The van der Waals surface area contributed by atoms with Crippen LogP contribution in [0.25, 0.3) is 5.76 Å². The Balaban J connectivity index is 1.91. The molecule has 0 aliphatic carbocycles. The molecule has 198 valence electrons. The molecule has 4 rings (SSSR count). The van der Waals surface area contributed by atoms with E-state index in [0.717, 1.165) is 17.2 Å². The van der Waals surface area contributed by atoms with E-state index in [1.165, 1.54) is 17.0 Å². The van der Waals surface area contributed by atoms with E-state index in [0.29, 0.717) is 16.9 Å². The minimum atomic E-state index is -0.947. The third kappa shape index (κ3) is 5.18. The van der Waals surface area contributed by atoms with Gasteiger partial charge in [-0.1, -0.05) is 56.6 Å². The van der Waals surface area contributed by atoms with Gasteiger partial charge in [-0.2, -0.15) is 0 Å². The van der Waals surface area contributed by atoms with E-state index in [4.69, 9.17) is 16.3 Å². The number of ether oxygens (including phenoxy) is 1. The molecule has 1 aliphatic rings. The smallest absolute Gasteiger partial charge is 0.300 e. The van der Waals surface area contributed by atoms with E-state index >= 15 is 0 Å². The van der Waals surface area contributed by atoms with Crippen molar-refractivity contribution >= 4 is 34.7 Å². The average molecular weight is 536 g/mol. The number of rotatable bonds is 5. The molecule has 0 aromatic heterocycles. The van der Waals surface area contributed by atoms with Crippen LogP contribution in [0, 0.1) is 12.7 Å². The van der Waals surface area contributed by atoms with Gasteiger partial charge in [0.1, 0.15) is 17.3 Å². The highest BCUT2D eigenvalue weighted by Gasteiger charge is 2.47. The van der Waals surface area contributed by atoms with Crippen LogP contribution in [-0.2, 0) is 15.0 Å². The van der Waals surface area contributed by atoms with Crippen LogP contribution in [0.1, 0.15) is 62.9 Å². The summed E-state index contributed by atoms with van der Waals surface area (Å²) < 4.78 is 19.7. The predicted octanol–water partition coefficient (Wildman–Crippen LogP) is 7.50. The van der Waals surface area contributed by atoms with Crippen LogP contribution in [0.5, 0.6) is 5.75 Å². The Bertz CT molecular complexity index is 1440. The zero-order chi connectivity index (χ0) is 27.9. The Morgan fingerprint density at radius 3 is 2.24 bits per heavy atom. The van der Waals surface area contributed by atoms with Crippen molar-refractivity contribution in [2.75, 3.05) is 4.90 Å². The maximum atomic E-state index is 13.9. The van der Waals surface area contributed by atoms with Gasteiger partial charge in [-0.05, 0) is 79.3 Å². The number of halogens is 2. The van der Waals surface area contributed by atoms with Gasteiger partial charge in [0, 0.05) is 11.3 Å². The summed E-state index contributed by atoms with van der Waals surface area (Å²) in [6.45, 7) is 11.9.